The molecule has 8 heteroatoms. The lowest BCUT2D eigenvalue weighted by Gasteiger charge is -2.35. The van der Waals surface area contributed by atoms with Gasteiger partial charge in [0.25, 0.3) is 6.01 Å². The van der Waals surface area contributed by atoms with Gasteiger partial charge in [-0.05, 0) is 43.0 Å². The molecular formula is C18H28Cl2N4O2. The summed E-state index contributed by atoms with van der Waals surface area (Å²) in [6.07, 6.45) is 6.17. The van der Waals surface area contributed by atoms with Crippen molar-refractivity contribution in [2.75, 3.05) is 30.9 Å². The number of fused-ring (bicyclic) bond motifs is 1. The highest BCUT2D eigenvalue weighted by atomic mass is 35.5. The number of benzene rings is 1. The van der Waals surface area contributed by atoms with Crippen LogP contribution in [0, 0.1) is 5.41 Å². The number of nitrogens with one attached hydrogen (secondary N) is 1. The minimum Gasteiger partial charge on any atom is -0.423 e. The topological polar surface area (TPSA) is 84.4 Å². The maximum absolute atomic E-state index is 12.5. The van der Waals surface area contributed by atoms with E-state index in [0.29, 0.717) is 24.6 Å². The van der Waals surface area contributed by atoms with E-state index in [1.54, 1.807) is 0 Å². The standard InChI is InChI=1S/C18H26N4O2.2ClH/c1-22(2)17-21-14-10-13(6-7-15(14)24-17)20-16(23)11-18(12-19)8-4-3-5-9-18;;/h6-7,10H,3-5,8-9,11-12,19H2,1-2H3,(H,20,23);2*1H. The van der Waals surface area contributed by atoms with Gasteiger partial charge in [-0.2, -0.15) is 4.98 Å². The average Bonchev–Trinajstić information content (AvgIpc) is 2.99. The Labute approximate surface area is 166 Å². The molecule has 0 unspecified atom stereocenters. The third kappa shape index (κ3) is 5.02. The van der Waals surface area contributed by atoms with E-state index in [1.165, 1.54) is 19.3 Å². The molecule has 0 bridgehead atoms. The summed E-state index contributed by atoms with van der Waals surface area (Å²) in [4.78, 5) is 18.7. The number of oxazole rings is 1. The van der Waals surface area contributed by atoms with E-state index in [2.05, 4.69) is 10.3 Å². The second-order valence-corrected chi connectivity index (χ2v) is 7.06. The van der Waals surface area contributed by atoms with E-state index in [-0.39, 0.29) is 36.1 Å². The number of hydrogen-bond donors (Lipinski definition) is 2. The first-order chi connectivity index (χ1) is 11.5. The number of carbonyl (C=O) groups excluding carboxylic acids is 1. The summed E-state index contributed by atoms with van der Waals surface area (Å²) >= 11 is 0. The zero-order valence-electron chi connectivity index (χ0n) is 15.3. The van der Waals surface area contributed by atoms with E-state index in [9.17, 15) is 4.79 Å². The Kier molecular flexibility index (Phi) is 8.18. The van der Waals surface area contributed by atoms with Gasteiger partial charge in [0.2, 0.25) is 5.91 Å². The number of anilines is 2. The number of carbonyl (C=O) groups is 1. The van der Waals surface area contributed by atoms with Crippen molar-refractivity contribution < 1.29 is 9.21 Å². The van der Waals surface area contributed by atoms with Crippen LogP contribution in [-0.4, -0.2) is 31.5 Å². The van der Waals surface area contributed by atoms with E-state index in [0.717, 1.165) is 24.0 Å². The first-order valence-electron chi connectivity index (χ1n) is 8.59. The molecule has 0 spiro atoms. The fourth-order valence-corrected chi connectivity index (χ4v) is 3.48. The van der Waals surface area contributed by atoms with Crippen molar-refractivity contribution in [1.29, 1.82) is 0 Å². The predicted molar refractivity (Wildman–Crippen MR) is 111 cm³/mol. The monoisotopic (exact) mass is 402 g/mol. The number of amides is 1. The first kappa shape index (κ1) is 22.5. The van der Waals surface area contributed by atoms with Crippen LogP contribution in [0.25, 0.3) is 11.1 Å². The maximum atomic E-state index is 12.5. The van der Waals surface area contributed by atoms with Gasteiger partial charge in [-0.15, -0.1) is 24.8 Å². The largest absolute Gasteiger partial charge is 0.423 e. The second kappa shape index (κ2) is 9.44. The van der Waals surface area contributed by atoms with Gasteiger partial charge >= 0.3 is 0 Å². The molecule has 0 saturated heterocycles. The van der Waals surface area contributed by atoms with Crippen LogP contribution in [0.3, 0.4) is 0 Å². The number of nitrogens with zero attached hydrogens (tertiary/aromatic N) is 2. The van der Waals surface area contributed by atoms with Crippen LogP contribution in [0.15, 0.2) is 22.6 Å². The highest BCUT2D eigenvalue weighted by Crippen LogP contribution is 2.38. The quantitative estimate of drug-likeness (QED) is 0.789. The fraction of sp³-hybridized carbons (Fsp3) is 0.556. The molecule has 3 rings (SSSR count). The highest BCUT2D eigenvalue weighted by molar-refractivity contribution is 5.93. The van der Waals surface area contributed by atoms with Gasteiger partial charge in [-0.3, -0.25) is 4.79 Å². The molecule has 146 valence electrons. The highest BCUT2D eigenvalue weighted by Gasteiger charge is 2.32. The molecule has 1 saturated carbocycles. The van der Waals surface area contributed by atoms with E-state index < -0.39 is 0 Å². The molecule has 3 N–H and O–H groups in total. The summed E-state index contributed by atoms with van der Waals surface area (Å²) < 4.78 is 5.63. The molecule has 1 aromatic heterocycles. The van der Waals surface area contributed by atoms with E-state index >= 15 is 0 Å². The Morgan fingerprint density at radius 2 is 1.96 bits per heavy atom. The lowest BCUT2D eigenvalue weighted by Crippen LogP contribution is -2.36. The van der Waals surface area contributed by atoms with Crippen LogP contribution in [0.4, 0.5) is 11.7 Å². The van der Waals surface area contributed by atoms with Gasteiger partial charge in [-0.25, -0.2) is 0 Å². The Balaban J connectivity index is 0.00000169. The van der Waals surface area contributed by atoms with Crippen LogP contribution in [-0.2, 0) is 4.79 Å². The first-order valence-corrected chi connectivity index (χ1v) is 8.59. The van der Waals surface area contributed by atoms with Crippen LogP contribution in [0.2, 0.25) is 0 Å². The summed E-state index contributed by atoms with van der Waals surface area (Å²) in [5, 5.41) is 2.99. The molecule has 1 fully saturated rings. The average molecular weight is 403 g/mol. The number of aromatic nitrogens is 1. The minimum atomic E-state index is -0.0293. The minimum absolute atomic E-state index is 0. The molecule has 1 amide bonds. The van der Waals surface area contributed by atoms with Crippen molar-refractivity contribution in [1.82, 2.24) is 4.98 Å². The summed E-state index contributed by atoms with van der Waals surface area (Å²) in [7, 11) is 3.76. The molecule has 6 nitrogen and oxygen atoms in total. The SMILES string of the molecule is CN(C)c1nc2cc(NC(=O)CC3(CN)CCCCC3)ccc2o1.Cl.Cl. The van der Waals surface area contributed by atoms with Gasteiger partial charge in [0.05, 0.1) is 0 Å². The van der Waals surface area contributed by atoms with Crippen molar-refractivity contribution in [2.24, 2.45) is 11.1 Å². The molecule has 0 aliphatic heterocycles. The molecule has 0 atom stereocenters. The number of halogens is 2. The molecule has 1 aliphatic carbocycles. The van der Waals surface area contributed by atoms with Gasteiger partial charge in [0.15, 0.2) is 5.58 Å². The normalized spacial score (nSPS) is 15.7. The lowest BCUT2D eigenvalue weighted by molar-refractivity contribution is -0.118. The zero-order chi connectivity index (χ0) is 17.2. The second-order valence-electron chi connectivity index (χ2n) is 7.06. The van der Waals surface area contributed by atoms with Crippen LogP contribution in [0.5, 0.6) is 0 Å². The van der Waals surface area contributed by atoms with Crippen molar-refractivity contribution in [3.8, 4) is 0 Å². The number of hydrogen-bond acceptors (Lipinski definition) is 5. The van der Waals surface area contributed by atoms with Crippen LogP contribution < -0.4 is 16.0 Å². The summed E-state index contributed by atoms with van der Waals surface area (Å²) in [5.41, 5.74) is 8.14. The molecule has 1 aromatic carbocycles. The molecule has 26 heavy (non-hydrogen) atoms. The number of nitrogens with two attached hydrogens (primary N) is 1. The van der Waals surface area contributed by atoms with Crippen LogP contribution in [0.1, 0.15) is 38.5 Å². The molecule has 2 aromatic rings. The third-order valence-electron chi connectivity index (χ3n) is 4.93. The Bertz CT molecular complexity index is 727. The summed E-state index contributed by atoms with van der Waals surface area (Å²) in [6.45, 7) is 0.578. The maximum Gasteiger partial charge on any atom is 0.297 e. The van der Waals surface area contributed by atoms with E-state index in [1.807, 2.05) is 37.2 Å². The lowest BCUT2D eigenvalue weighted by atomic mass is 9.71. The Morgan fingerprint density at radius 3 is 2.58 bits per heavy atom. The van der Waals surface area contributed by atoms with E-state index in [4.69, 9.17) is 10.2 Å². The van der Waals surface area contributed by atoms with Gasteiger partial charge in [-0.1, -0.05) is 19.3 Å². The smallest absolute Gasteiger partial charge is 0.297 e. The van der Waals surface area contributed by atoms with Crippen molar-refractivity contribution in [3.05, 3.63) is 18.2 Å². The summed E-state index contributed by atoms with van der Waals surface area (Å²) in [5.74, 6) is 0.0260. The zero-order valence-corrected chi connectivity index (χ0v) is 16.9. The molecule has 1 aliphatic rings. The van der Waals surface area contributed by atoms with Crippen molar-refractivity contribution in [3.63, 3.8) is 0 Å². The fourth-order valence-electron chi connectivity index (χ4n) is 3.48. The van der Waals surface area contributed by atoms with Crippen molar-refractivity contribution >= 4 is 53.5 Å². The molecule has 0 radical (unpaired) electrons. The third-order valence-corrected chi connectivity index (χ3v) is 4.93. The van der Waals surface area contributed by atoms with Gasteiger partial charge < -0.3 is 20.4 Å². The number of rotatable bonds is 5. The van der Waals surface area contributed by atoms with Crippen molar-refractivity contribution in [2.45, 2.75) is 38.5 Å². The molecular weight excluding hydrogens is 375 g/mol. The van der Waals surface area contributed by atoms with Gasteiger partial charge in [0, 0.05) is 26.2 Å². The van der Waals surface area contributed by atoms with Crippen LogP contribution >= 0.6 is 24.8 Å². The van der Waals surface area contributed by atoms with Gasteiger partial charge in [0.1, 0.15) is 5.52 Å². The Morgan fingerprint density at radius 1 is 1.27 bits per heavy atom. The predicted octanol–water partition coefficient (Wildman–Crippen LogP) is 3.98. The Hall–Kier alpha value is -1.50. The summed E-state index contributed by atoms with van der Waals surface area (Å²) in [6, 6.07) is 6.09. The molecule has 1 heterocycles.